The first-order valence-corrected chi connectivity index (χ1v) is 8.13. The maximum atomic E-state index is 12.0. The SMILES string of the molecule is CC1(C)Oc2ccc(NC(=O)CNC(=O)c3ccccc3)cc2NC1=O. The van der Waals surface area contributed by atoms with Crippen molar-refractivity contribution < 1.29 is 19.1 Å². The molecule has 3 rings (SSSR count). The highest BCUT2D eigenvalue weighted by Gasteiger charge is 2.35. The summed E-state index contributed by atoms with van der Waals surface area (Å²) in [6.07, 6.45) is 0. The van der Waals surface area contributed by atoms with E-state index in [1.807, 2.05) is 6.07 Å². The first-order valence-electron chi connectivity index (χ1n) is 8.13. The van der Waals surface area contributed by atoms with Crippen LogP contribution in [0.5, 0.6) is 5.75 Å². The van der Waals surface area contributed by atoms with Gasteiger partial charge in [0, 0.05) is 11.3 Å². The van der Waals surface area contributed by atoms with E-state index in [-0.39, 0.29) is 24.3 Å². The van der Waals surface area contributed by atoms with Crippen LogP contribution in [-0.2, 0) is 9.59 Å². The Labute approximate surface area is 150 Å². The Kier molecular flexibility index (Phi) is 4.62. The molecule has 3 amide bonds. The van der Waals surface area contributed by atoms with Gasteiger partial charge in [-0.3, -0.25) is 14.4 Å². The molecule has 0 bridgehead atoms. The number of carbonyl (C=O) groups excluding carboxylic acids is 3. The zero-order valence-corrected chi connectivity index (χ0v) is 14.5. The van der Waals surface area contributed by atoms with Crippen LogP contribution >= 0.6 is 0 Å². The maximum absolute atomic E-state index is 12.0. The molecule has 2 aromatic rings. The summed E-state index contributed by atoms with van der Waals surface area (Å²) in [4.78, 5) is 35.9. The van der Waals surface area contributed by atoms with E-state index < -0.39 is 5.60 Å². The molecule has 0 aliphatic carbocycles. The van der Waals surface area contributed by atoms with Crippen LogP contribution in [0.15, 0.2) is 48.5 Å². The smallest absolute Gasteiger partial charge is 0.268 e. The summed E-state index contributed by atoms with van der Waals surface area (Å²) in [5.41, 5.74) is 0.516. The van der Waals surface area contributed by atoms with Gasteiger partial charge in [0.25, 0.3) is 11.8 Å². The average molecular weight is 353 g/mol. The minimum atomic E-state index is -0.945. The molecule has 3 N–H and O–H groups in total. The van der Waals surface area contributed by atoms with Crippen molar-refractivity contribution in [1.29, 1.82) is 0 Å². The van der Waals surface area contributed by atoms with Gasteiger partial charge in [-0.15, -0.1) is 0 Å². The molecule has 0 spiro atoms. The summed E-state index contributed by atoms with van der Waals surface area (Å²) >= 11 is 0. The number of fused-ring (bicyclic) bond motifs is 1. The Morgan fingerprint density at radius 3 is 2.58 bits per heavy atom. The number of hydrogen-bond donors (Lipinski definition) is 3. The molecule has 0 saturated carbocycles. The topological polar surface area (TPSA) is 96.5 Å². The quantitative estimate of drug-likeness (QED) is 0.785. The number of carbonyl (C=O) groups is 3. The number of amides is 3. The van der Waals surface area contributed by atoms with Crippen LogP contribution in [0.4, 0.5) is 11.4 Å². The Balaban J connectivity index is 1.59. The standard InChI is InChI=1S/C19H19N3O4/c1-19(2)18(25)22-14-10-13(8-9-15(14)26-19)21-16(23)11-20-17(24)12-6-4-3-5-7-12/h3-10H,11H2,1-2H3,(H,20,24)(H,21,23)(H,22,25). The highest BCUT2D eigenvalue weighted by Crippen LogP contribution is 2.35. The Morgan fingerprint density at radius 2 is 1.85 bits per heavy atom. The van der Waals surface area contributed by atoms with E-state index in [1.165, 1.54) is 0 Å². The van der Waals surface area contributed by atoms with Gasteiger partial charge in [0.15, 0.2) is 5.60 Å². The van der Waals surface area contributed by atoms with Crippen LogP contribution in [0.3, 0.4) is 0 Å². The van der Waals surface area contributed by atoms with E-state index in [9.17, 15) is 14.4 Å². The molecule has 0 unspecified atom stereocenters. The zero-order valence-electron chi connectivity index (χ0n) is 14.5. The van der Waals surface area contributed by atoms with Gasteiger partial charge in [0.05, 0.1) is 12.2 Å². The van der Waals surface area contributed by atoms with E-state index in [0.29, 0.717) is 22.7 Å². The third-order valence-electron chi connectivity index (χ3n) is 3.87. The fourth-order valence-electron chi connectivity index (χ4n) is 2.45. The van der Waals surface area contributed by atoms with Gasteiger partial charge in [0.1, 0.15) is 5.75 Å². The summed E-state index contributed by atoms with van der Waals surface area (Å²) in [7, 11) is 0. The molecule has 7 heteroatoms. The molecule has 0 saturated heterocycles. The summed E-state index contributed by atoms with van der Waals surface area (Å²) < 4.78 is 5.64. The monoisotopic (exact) mass is 353 g/mol. The Bertz CT molecular complexity index is 862. The van der Waals surface area contributed by atoms with Gasteiger partial charge in [0.2, 0.25) is 5.91 Å². The Morgan fingerprint density at radius 1 is 1.12 bits per heavy atom. The number of anilines is 2. The number of benzene rings is 2. The number of ether oxygens (including phenoxy) is 1. The lowest BCUT2D eigenvalue weighted by Gasteiger charge is -2.31. The predicted octanol–water partition coefficient (Wildman–Crippen LogP) is 2.16. The van der Waals surface area contributed by atoms with E-state index >= 15 is 0 Å². The van der Waals surface area contributed by atoms with E-state index in [1.54, 1.807) is 56.3 Å². The average Bonchev–Trinajstić information content (AvgIpc) is 2.61. The lowest BCUT2D eigenvalue weighted by atomic mass is 10.1. The molecule has 7 nitrogen and oxygen atoms in total. The van der Waals surface area contributed by atoms with Gasteiger partial charge >= 0.3 is 0 Å². The number of nitrogens with one attached hydrogen (secondary N) is 3. The van der Waals surface area contributed by atoms with Crippen molar-refractivity contribution in [3.63, 3.8) is 0 Å². The predicted molar refractivity (Wildman–Crippen MR) is 97.2 cm³/mol. The first kappa shape index (κ1) is 17.5. The summed E-state index contributed by atoms with van der Waals surface area (Å²) in [5, 5.41) is 7.98. The second-order valence-electron chi connectivity index (χ2n) is 6.37. The molecule has 0 fully saturated rings. The summed E-state index contributed by atoms with van der Waals surface area (Å²) in [6.45, 7) is 3.19. The van der Waals surface area contributed by atoms with Crippen molar-refractivity contribution in [2.24, 2.45) is 0 Å². The van der Waals surface area contributed by atoms with Crippen LogP contribution < -0.4 is 20.7 Å². The van der Waals surface area contributed by atoms with Gasteiger partial charge in [-0.2, -0.15) is 0 Å². The van der Waals surface area contributed by atoms with E-state index in [0.717, 1.165) is 0 Å². The molecule has 0 atom stereocenters. The van der Waals surface area contributed by atoms with Crippen molar-refractivity contribution in [1.82, 2.24) is 5.32 Å². The lowest BCUT2D eigenvalue weighted by molar-refractivity contribution is -0.129. The molecule has 1 aliphatic rings. The van der Waals surface area contributed by atoms with Crippen molar-refractivity contribution in [2.75, 3.05) is 17.2 Å². The minimum absolute atomic E-state index is 0.166. The molecular formula is C19H19N3O4. The third-order valence-corrected chi connectivity index (χ3v) is 3.87. The maximum Gasteiger partial charge on any atom is 0.268 e. The third kappa shape index (κ3) is 3.83. The van der Waals surface area contributed by atoms with E-state index in [2.05, 4.69) is 16.0 Å². The molecule has 2 aromatic carbocycles. The minimum Gasteiger partial charge on any atom is -0.476 e. The molecule has 1 heterocycles. The largest absolute Gasteiger partial charge is 0.476 e. The number of hydrogen-bond acceptors (Lipinski definition) is 4. The molecule has 26 heavy (non-hydrogen) atoms. The second-order valence-corrected chi connectivity index (χ2v) is 6.37. The van der Waals surface area contributed by atoms with Crippen molar-refractivity contribution >= 4 is 29.1 Å². The second kappa shape index (κ2) is 6.87. The van der Waals surface area contributed by atoms with Gasteiger partial charge in [-0.1, -0.05) is 18.2 Å². The van der Waals surface area contributed by atoms with Crippen LogP contribution in [0.1, 0.15) is 24.2 Å². The highest BCUT2D eigenvalue weighted by atomic mass is 16.5. The van der Waals surface area contributed by atoms with Crippen molar-refractivity contribution in [3.8, 4) is 5.75 Å². The van der Waals surface area contributed by atoms with Crippen LogP contribution in [-0.4, -0.2) is 29.9 Å². The zero-order chi connectivity index (χ0) is 18.7. The molecular weight excluding hydrogens is 334 g/mol. The van der Waals surface area contributed by atoms with Crippen molar-refractivity contribution in [2.45, 2.75) is 19.4 Å². The Hall–Kier alpha value is -3.35. The molecule has 0 radical (unpaired) electrons. The van der Waals surface area contributed by atoms with Gasteiger partial charge in [-0.05, 0) is 44.2 Å². The summed E-state index contributed by atoms with van der Waals surface area (Å²) in [6, 6.07) is 13.6. The van der Waals surface area contributed by atoms with Crippen LogP contribution in [0, 0.1) is 0 Å². The lowest BCUT2D eigenvalue weighted by Crippen LogP contribution is -2.45. The van der Waals surface area contributed by atoms with Crippen molar-refractivity contribution in [3.05, 3.63) is 54.1 Å². The molecule has 134 valence electrons. The number of rotatable bonds is 4. The molecule has 0 aromatic heterocycles. The van der Waals surface area contributed by atoms with Crippen LogP contribution in [0.2, 0.25) is 0 Å². The van der Waals surface area contributed by atoms with Crippen LogP contribution in [0.25, 0.3) is 0 Å². The van der Waals surface area contributed by atoms with Gasteiger partial charge < -0.3 is 20.7 Å². The van der Waals surface area contributed by atoms with E-state index in [4.69, 9.17) is 4.74 Å². The highest BCUT2D eigenvalue weighted by molar-refractivity contribution is 6.02. The normalized spacial score (nSPS) is 14.5. The fraction of sp³-hybridized carbons (Fsp3) is 0.211. The van der Waals surface area contributed by atoms with Gasteiger partial charge in [-0.25, -0.2) is 0 Å². The fourth-order valence-corrected chi connectivity index (χ4v) is 2.45. The molecule has 1 aliphatic heterocycles. The first-order chi connectivity index (χ1) is 12.3. The summed E-state index contributed by atoms with van der Waals surface area (Å²) in [5.74, 6) is -0.430.